The fourth-order valence-corrected chi connectivity index (χ4v) is 5.12. The molecule has 2 aliphatic heterocycles. The van der Waals surface area contributed by atoms with Crippen LogP contribution in [0.1, 0.15) is 45.8 Å². The average molecular weight is 427 g/mol. The molecule has 0 radical (unpaired) electrons. The third-order valence-corrected chi connectivity index (χ3v) is 6.83. The summed E-state index contributed by atoms with van der Waals surface area (Å²) >= 11 is 1.51. The number of hydrogen-bond donors (Lipinski definition) is 1. The van der Waals surface area contributed by atoms with E-state index in [1.165, 1.54) is 11.3 Å². The summed E-state index contributed by atoms with van der Waals surface area (Å²) < 4.78 is 0. The van der Waals surface area contributed by atoms with Crippen LogP contribution >= 0.6 is 11.3 Å². The summed E-state index contributed by atoms with van der Waals surface area (Å²) in [5.74, 6) is -0.0162. The second-order valence-corrected chi connectivity index (χ2v) is 9.16. The van der Waals surface area contributed by atoms with Gasteiger partial charge in [0.15, 0.2) is 0 Å². The van der Waals surface area contributed by atoms with Gasteiger partial charge in [0.1, 0.15) is 6.04 Å². The Morgan fingerprint density at radius 2 is 2.00 bits per heavy atom. The lowest BCUT2D eigenvalue weighted by Crippen LogP contribution is -2.53. The van der Waals surface area contributed by atoms with Crippen LogP contribution in [-0.2, 0) is 16.1 Å². The Balaban J connectivity index is 1.35. The van der Waals surface area contributed by atoms with Crippen LogP contribution in [0.5, 0.6) is 0 Å². The number of thiophene rings is 1. The Morgan fingerprint density at radius 1 is 1.20 bits per heavy atom. The number of carbonyl (C=O) groups excluding carboxylic acids is 3. The van der Waals surface area contributed by atoms with Crippen LogP contribution in [0.4, 0.5) is 0 Å². The largest absolute Gasteiger partial charge is 0.350 e. The Labute approximate surface area is 180 Å². The van der Waals surface area contributed by atoms with E-state index in [0.717, 1.165) is 15.3 Å². The number of aryl methyl sites for hydroxylation is 1. The van der Waals surface area contributed by atoms with Gasteiger partial charge in [-0.05, 0) is 49.9 Å². The summed E-state index contributed by atoms with van der Waals surface area (Å²) in [6.45, 7) is 3.60. The van der Waals surface area contributed by atoms with Gasteiger partial charge in [-0.15, -0.1) is 11.3 Å². The van der Waals surface area contributed by atoms with Gasteiger partial charge < -0.3 is 15.1 Å². The third-order valence-electron chi connectivity index (χ3n) is 5.84. The maximum atomic E-state index is 12.8. The number of aromatic nitrogens is 1. The average Bonchev–Trinajstić information content (AvgIpc) is 3.38. The molecular weight excluding hydrogens is 400 g/mol. The van der Waals surface area contributed by atoms with E-state index >= 15 is 0 Å². The van der Waals surface area contributed by atoms with E-state index in [-0.39, 0.29) is 23.8 Å². The number of nitrogens with one attached hydrogen (secondary N) is 1. The first-order chi connectivity index (χ1) is 14.5. The lowest BCUT2D eigenvalue weighted by Gasteiger charge is -2.39. The van der Waals surface area contributed by atoms with E-state index < -0.39 is 6.04 Å². The zero-order chi connectivity index (χ0) is 21.1. The molecule has 0 bridgehead atoms. The van der Waals surface area contributed by atoms with Crippen LogP contribution in [-0.4, -0.2) is 57.7 Å². The molecule has 1 unspecified atom stereocenters. The van der Waals surface area contributed by atoms with Crippen LogP contribution in [0.15, 0.2) is 36.7 Å². The highest BCUT2D eigenvalue weighted by Crippen LogP contribution is 2.28. The monoisotopic (exact) mass is 426 g/mol. The minimum absolute atomic E-state index is 0.00302. The van der Waals surface area contributed by atoms with Crippen molar-refractivity contribution < 1.29 is 14.4 Å². The Hall–Kier alpha value is -2.74. The van der Waals surface area contributed by atoms with E-state index in [2.05, 4.69) is 10.3 Å². The van der Waals surface area contributed by atoms with Crippen molar-refractivity contribution in [2.45, 2.75) is 51.2 Å². The molecule has 3 amide bonds. The number of likely N-dealkylation sites (tertiary alicyclic amines) is 2. The predicted octanol–water partition coefficient (Wildman–Crippen LogP) is 2.36. The highest BCUT2D eigenvalue weighted by Gasteiger charge is 2.41. The number of hydrogen-bond acceptors (Lipinski definition) is 5. The van der Waals surface area contributed by atoms with Crippen molar-refractivity contribution >= 4 is 29.1 Å². The molecule has 2 fully saturated rings. The second-order valence-electron chi connectivity index (χ2n) is 7.87. The van der Waals surface area contributed by atoms with Gasteiger partial charge in [0, 0.05) is 49.4 Å². The van der Waals surface area contributed by atoms with E-state index in [1.807, 2.05) is 36.1 Å². The molecule has 2 aliphatic rings. The minimum Gasteiger partial charge on any atom is -0.350 e. The first kappa shape index (κ1) is 20.5. The maximum absolute atomic E-state index is 12.8. The molecule has 0 spiro atoms. The van der Waals surface area contributed by atoms with Gasteiger partial charge in [0.2, 0.25) is 11.8 Å². The summed E-state index contributed by atoms with van der Waals surface area (Å²) in [6, 6.07) is 7.15. The summed E-state index contributed by atoms with van der Waals surface area (Å²) in [7, 11) is 0. The standard InChI is InChI=1S/C22H26N4O3S/c1-15-4-6-19(30-15)22(29)25-11-8-17(9-12-25)26-18(5-7-20(26)27)21(28)24-14-16-3-2-10-23-13-16/h2-4,6,10,13,17-18H,5,7-9,11-12,14H2,1H3,(H,24,28). The minimum atomic E-state index is -0.429. The van der Waals surface area contributed by atoms with Crippen molar-refractivity contribution in [1.82, 2.24) is 20.1 Å². The molecule has 0 aromatic carbocycles. The second kappa shape index (κ2) is 8.95. The molecule has 7 nitrogen and oxygen atoms in total. The number of rotatable bonds is 5. The highest BCUT2D eigenvalue weighted by molar-refractivity contribution is 7.13. The Kier molecular flexibility index (Phi) is 6.13. The van der Waals surface area contributed by atoms with Gasteiger partial charge in [-0.3, -0.25) is 19.4 Å². The predicted molar refractivity (Wildman–Crippen MR) is 114 cm³/mol. The topological polar surface area (TPSA) is 82.6 Å². The molecule has 8 heteroatoms. The van der Waals surface area contributed by atoms with Crippen molar-refractivity contribution in [3.8, 4) is 0 Å². The molecule has 2 aromatic rings. The van der Waals surface area contributed by atoms with Crippen LogP contribution in [0.25, 0.3) is 0 Å². The van der Waals surface area contributed by atoms with Crippen LogP contribution in [0.2, 0.25) is 0 Å². The highest BCUT2D eigenvalue weighted by atomic mass is 32.1. The normalized spacial score (nSPS) is 19.9. The van der Waals surface area contributed by atoms with E-state index in [9.17, 15) is 14.4 Å². The van der Waals surface area contributed by atoms with Gasteiger partial charge in [-0.2, -0.15) is 0 Å². The first-order valence-electron chi connectivity index (χ1n) is 10.4. The van der Waals surface area contributed by atoms with Crippen LogP contribution in [0.3, 0.4) is 0 Å². The van der Waals surface area contributed by atoms with Crippen molar-refractivity contribution in [3.63, 3.8) is 0 Å². The molecule has 2 saturated heterocycles. The fourth-order valence-electron chi connectivity index (χ4n) is 4.28. The molecule has 4 rings (SSSR count). The molecule has 1 atom stereocenters. The molecular formula is C22H26N4O3S. The smallest absolute Gasteiger partial charge is 0.263 e. The van der Waals surface area contributed by atoms with Gasteiger partial charge in [-0.25, -0.2) is 0 Å². The summed E-state index contributed by atoms with van der Waals surface area (Å²) in [5.41, 5.74) is 0.928. The van der Waals surface area contributed by atoms with Gasteiger partial charge >= 0.3 is 0 Å². The summed E-state index contributed by atoms with van der Waals surface area (Å²) in [5, 5.41) is 2.95. The quantitative estimate of drug-likeness (QED) is 0.796. The lowest BCUT2D eigenvalue weighted by molar-refractivity contribution is -0.138. The molecule has 30 heavy (non-hydrogen) atoms. The number of piperidine rings is 1. The van der Waals surface area contributed by atoms with Crippen molar-refractivity contribution in [1.29, 1.82) is 0 Å². The third kappa shape index (κ3) is 4.38. The first-order valence-corrected chi connectivity index (χ1v) is 11.2. The molecule has 1 N–H and O–H groups in total. The van der Waals surface area contributed by atoms with Gasteiger partial charge in [-0.1, -0.05) is 6.07 Å². The number of pyridine rings is 1. The number of carbonyl (C=O) groups is 3. The van der Waals surface area contributed by atoms with Crippen molar-refractivity contribution in [3.05, 3.63) is 52.0 Å². The Bertz CT molecular complexity index is 921. The molecule has 0 aliphatic carbocycles. The van der Waals surface area contributed by atoms with Gasteiger partial charge in [0.05, 0.1) is 4.88 Å². The van der Waals surface area contributed by atoms with Gasteiger partial charge in [0.25, 0.3) is 5.91 Å². The van der Waals surface area contributed by atoms with E-state index in [1.54, 1.807) is 17.3 Å². The Morgan fingerprint density at radius 3 is 2.67 bits per heavy atom. The SMILES string of the molecule is Cc1ccc(C(=O)N2CCC(N3C(=O)CCC3C(=O)NCc3cccnc3)CC2)s1. The van der Waals surface area contributed by atoms with Crippen LogP contribution in [0, 0.1) is 6.92 Å². The van der Waals surface area contributed by atoms with E-state index in [4.69, 9.17) is 0 Å². The van der Waals surface area contributed by atoms with Crippen molar-refractivity contribution in [2.75, 3.05) is 13.1 Å². The maximum Gasteiger partial charge on any atom is 0.263 e. The zero-order valence-electron chi connectivity index (χ0n) is 17.0. The van der Waals surface area contributed by atoms with E-state index in [0.29, 0.717) is 45.3 Å². The number of nitrogens with zero attached hydrogens (tertiary/aromatic N) is 3. The number of amides is 3. The molecule has 158 valence electrons. The summed E-state index contributed by atoms with van der Waals surface area (Å²) in [4.78, 5) is 47.6. The molecule has 2 aromatic heterocycles. The summed E-state index contributed by atoms with van der Waals surface area (Å²) in [6.07, 6.45) is 5.77. The zero-order valence-corrected chi connectivity index (χ0v) is 17.9. The molecule has 4 heterocycles. The fraction of sp³-hybridized carbons (Fsp3) is 0.455. The lowest BCUT2D eigenvalue weighted by atomic mass is 10.0. The van der Waals surface area contributed by atoms with Crippen molar-refractivity contribution in [2.24, 2.45) is 0 Å². The molecule has 0 saturated carbocycles. The van der Waals surface area contributed by atoms with Crippen LogP contribution < -0.4 is 5.32 Å².